The van der Waals surface area contributed by atoms with Crippen molar-refractivity contribution in [2.75, 3.05) is 0 Å². The molecule has 1 atom stereocenters. The van der Waals surface area contributed by atoms with Crippen molar-refractivity contribution in [1.29, 1.82) is 0 Å². The number of benzene rings is 3. The minimum Gasteiger partial charge on any atom is -0.360 e. The van der Waals surface area contributed by atoms with Crippen LogP contribution in [0.1, 0.15) is 44.9 Å². The van der Waals surface area contributed by atoms with E-state index in [0.29, 0.717) is 5.02 Å². The zero-order valence-electron chi connectivity index (χ0n) is 24.4. The normalized spacial score (nSPS) is 12.7. The first-order valence-electron chi connectivity index (χ1n) is 13.7. The number of thiazole rings is 1. The van der Waals surface area contributed by atoms with Gasteiger partial charge in [0.25, 0.3) is 0 Å². The van der Waals surface area contributed by atoms with Gasteiger partial charge in [-0.1, -0.05) is 29.8 Å². The number of carbonyl (C=O) groups excluding carboxylic acids is 1. The van der Waals surface area contributed by atoms with Gasteiger partial charge in [-0.3, -0.25) is 9.78 Å². The number of ketones is 1. The van der Waals surface area contributed by atoms with Gasteiger partial charge in [-0.2, -0.15) is 0 Å². The van der Waals surface area contributed by atoms with Crippen molar-refractivity contribution < 1.29 is 9.53 Å². The van der Waals surface area contributed by atoms with Crippen LogP contribution in [0.15, 0.2) is 73.3 Å². The lowest BCUT2D eigenvalue weighted by Crippen LogP contribution is -2.27. The Labute approximate surface area is 254 Å². The Morgan fingerprint density at radius 2 is 1.67 bits per heavy atom. The Morgan fingerprint density at radius 1 is 0.952 bits per heavy atom. The van der Waals surface area contributed by atoms with Crippen molar-refractivity contribution in [3.8, 4) is 32.8 Å². The smallest absolute Gasteiger partial charge is 0.163 e. The molecule has 6 rings (SSSR count). The highest BCUT2D eigenvalue weighted by atomic mass is 35.5. The second kappa shape index (κ2) is 10.7. The molecule has 0 saturated heterocycles. The Balaban J connectivity index is 1.53. The van der Waals surface area contributed by atoms with Gasteiger partial charge in [0.2, 0.25) is 0 Å². The largest absolute Gasteiger partial charge is 0.360 e. The van der Waals surface area contributed by atoms with Gasteiger partial charge in [0.05, 0.1) is 33.2 Å². The molecule has 0 unspecified atom stereocenters. The van der Waals surface area contributed by atoms with Gasteiger partial charge in [-0.15, -0.1) is 11.3 Å². The molecule has 0 N–H and O–H groups in total. The summed E-state index contributed by atoms with van der Waals surface area (Å²) in [5.41, 5.74) is 9.02. The molecule has 0 bridgehead atoms. The highest BCUT2D eigenvalue weighted by molar-refractivity contribution is 7.22. The number of Topliss-reactive ketones (excluding diaryl/α,β-unsaturated/α-hetero) is 1. The summed E-state index contributed by atoms with van der Waals surface area (Å²) in [5, 5.41) is 1.50. The van der Waals surface area contributed by atoms with Gasteiger partial charge in [0.1, 0.15) is 11.1 Å². The molecule has 0 aliphatic rings. The minimum absolute atomic E-state index is 0.0471. The Kier molecular flexibility index (Phi) is 7.21. The SMILES string of the molecule is CC(=O)[C@@H](OC(C)(C)C)c1c(C)cc2nc(-c3cncc(-c4ccc5c(c4)ncn5C)c3)sc2c1-c1ccc(Cl)cc1. The van der Waals surface area contributed by atoms with Gasteiger partial charge >= 0.3 is 0 Å². The van der Waals surface area contributed by atoms with Crippen LogP contribution in [0.4, 0.5) is 0 Å². The van der Waals surface area contributed by atoms with Gasteiger partial charge in [0.15, 0.2) is 5.78 Å². The van der Waals surface area contributed by atoms with Gasteiger partial charge < -0.3 is 9.30 Å². The molecule has 3 aromatic carbocycles. The second-order valence-electron chi connectivity index (χ2n) is 11.6. The summed E-state index contributed by atoms with van der Waals surface area (Å²) in [6.45, 7) is 9.51. The molecule has 0 amide bonds. The molecule has 0 aliphatic heterocycles. The molecule has 0 radical (unpaired) electrons. The summed E-state index contributed by atoms with van der Waals surface area (Å²) < 4.78 is 9.37. The van der Waals surface area contributed by atoms with Crippen LogP contribution < -0.4 is 0 Å². The molecular formula is C34H31ClN4O2S. The van der Waals surface area contributed by atoms with E-state index in [9.17, 15) is 4.79 Å². The van der Waals surface area contributed by atoms with Crippen LogP contribution in [-0.2, 0) is 16.6 Å². The second-order valence-corrected chi connectivity index (χ2v) is 13.0. The zero-order valence-corrected chi connectivity index (χ0v) is 26.0. The van der Waals surface area contributed by atoms with Crippen molar-refractivity contribution in [2.24, 2.45) is 7.05 Å². The number of hydrogen-bond donors (Lipinski definition) is 0. The third-order valence-corrected chi connectivity index (χ3v) is 8.60. The Hall–Kier alpha value is -3.91. The maximum atomic E-state index is 13.1. The van der Waals surface area contributed by atoms with Gasteiger partial charge in [-0.25, -0.2) is 9.97 Å². The first kappa shape index (κ1) is 28.2. The Bertz CT molecular complexity index is 1970. The molecule has 6 nitrogen and oxygen atoms in total. The first-order valence-corrected chi connectivity index (χ1v) is 14.9. The summed E-state index contributed by atoms with van der Waals surface area (Å²) >= 11 is 7.86. The molecule has 0 aliphatic carbocycles. The summed E-state index contributed by atoms with van der Waals surface area (Å²) in [4.78, 5) is 27.2. The molecule has 3 heterocycles. The number of ether oxygens (including phenoxy) is 1. The zero-order chi connectivity index (χ0) is 29.8. The van der Waals surface area contributed by atoms with E-state index < -0.39 is 11.7 Å². The fraction of sp³-hybridized carbons (Fsp3) is 0.235. The van der Waals surface area contributed by atoms with E-state index in [2.05, 4.69) is 40.3 Å². The molecule has 6 aromatic rings. The summed E-state index contributed by atoms with van der Waals surface area (Å²) in [6, 6.07) is 18.1. The highest BCUT2D eigenvalue weighted by Gasteiger charge is 2.30. The monoisotopic (exact) mass is 594 g/mol. The van der Waals surface area contributed by atoms with Gasteiger partial charge in [0, 0.05) is 46.7 Å². The van der Waals surface area contributed by atoms with Crippen LogP contribution in [-0.4, -0.2) is 30.9 Å². The quantitative estimate of drug-likeness (QED) is 0.192. The number of aromatic nitrogens is 4. The van der Waals surface area contributed by atoms with Crippen LogP contribution in [0.5, 0.6) is 0 Å². The van der Waals surface area contributed by atoms with E-state index in [-0.39, 0.29) is 5.78 Å². The highest BCUT2D eigenvalue weighted by Crippen LogP contribution is 2.44. The number of aryl methyl sites for hydroxylation is 2. The van der Waals surface area contributed by atoms with Crippen LogP contribution in [0.3, 0.4) is 0 Å². The standard InChI is InChI=1S/C34H31ClN4O2S/c1-19-13-27-32(30(21-7-10-25(35)11-8-21)29(19)31(20(2)40)41-34(3,4)5)42-33(38-27)24-14-23(16-36-17-24)22-9-12-28-26(15-22)37-18-39(28)6/h7-18,31H,1-6H3/t31-/m1/s1. The van der Waals surface area contributed by atoms with Crippen molar-refractivity contribution in [3.05, 3.63) is 89.5 Å². The van der Waals surface area contributed by atoms with Gasteiger partial charge in [-0.05, 0) is 87.7 Å². The lowest BCUT2D eigenvalue weighted by atomic mass is 9.90. The van der Waals surface area contributed by atoms with E-state index in [1.165, 1.54) is 0 Å². The van der Waals surface area contributed by atoms with Crippen molar-refractivity contribution in [3.63, 3.8) is 0 Å². The first-order chi connectivity index (χ1) is 20.0. The molecule has 8 heteroatoms. The number of pyridine rings is 1. The summed E-state index contributed by atoms with van der Waals surface area (Å²) in [5.74, 6) is -0.0471. The third kappa shape index (κ3) is 5.36. The maximum absolute atomic E-state index is 13.1. The van der Waals surface area contributed by atoms with Crippen LogP contribution >= 0.6 is 22.9 Å². The number of halogens is 1. The van der Waals surface area contributed by atoms with E-state index >= 15 is 0 Å². The van der Waals surface area contributed by atoms with E-state index in [4.69, 9.17) is 21.3 Å². The maximum Gasteiger partial charge on any atom is 0.163 e. The lowest BCUT2D eigenvalue weighted by Gasteiger charge is -2.29. The topological polar surface area (TPSA) is 69.9 Å². The predicted molar refractivity (Wildman–Crippen MR) is 172 cm³/mol. The van der Waals surface area contributed by atoms with Crippen molar-refractivity contribution in [1.82, 2.24) is 19.5 Å². The molecule has 0 saturated carbocycles. The average Bonchev–Trinajstić information content (AvgIpc) is 3.54. The number of carbonyl (C=O) groups is 1. The minimum atomic E-state index is -0.725. The number of fused-ring (bicyclic) bond motifs is 2. The molecule has 0 spiro atoms. The molecule has 42 heavy (non-hydrogen) atoms. The van der Waals surface area contributed by atoms with E-state index in [1.807, 2.05) is 82.3 Å². The average molecular weight is 595 g/mol. The number of rotatable bonds is 6. The van der Waals surface area contributed by atoms with E-state index in [1.54, 1.807) is 18.3 Å². The molecular weight excluding hydrogens is 564 g/mol. The van der Waals surface area contributed by atoms with E-state index in [0.717, 1.165) is 65.2 Å². The van der Waals surface area contributed by atoms with Crippen LogP contribution in [0.2, 0.25) is 5.02 Å². The van der Waals surface area contributed by atoms with Crippen molar-refractivity contribution >= 4 is 50.0 Å². The fourth-order valence-corrected chi connectivity index (χ4v) is 6.54. The lowest BCUT2D eigenvalue weighted by molar-refractivity contribution is -0.138. The third-order valence-electron chi connectivity index (χ3n) is 7.21. The van der Waals surface area contributed by atoms with Crippen molar-refractivity contribution in [2.45, 2.75) is 46.3 Å². The Morgan fingerprint density at radius 3 is 2.38 bits per heavy atom. The summed E-state index contributed by atoms with van der Waals surface area (Å²) in [6.07, 6.45) is 4.81. The fourth-order valence-electron chi connectivity index (χ4n) is 5.30. The number of hydrogen-bond acceptors (Lipinski definition) is 6. The molecule has 212 valence electrons. The number of nitrogens with zero attached hydrogens (tertiary/aromatic N) is 4. The number of imidazole rings is 1. The van der Waals surface area contributed by atoms with Crippen LogP contribution in [0.25, 0.3) is 54.1 Å². The molecule has 3 aromatic heterocycles. The summed E-state index contributed by atoms with van der Waals surface area (Å²) in [7, 11) is 1.99. The van der Waals surface area contributed by atoms with Crippen LogP contribution in [0, 0.1) is 6.92 Å². The predicted octanol–water partition coefficient (Wildman–Crippen LogP) is 8.99. The molecule has 0 fully saturated rings.